The maximum Gasteiger partial charge on any atom is 0.164 e. The van der Waals surface area contributed by atoms with Gasteiger partial charge in [-0.2, -0.15) is 0 Å². The second kappa shape index (κ2) is 5.61. The molecule has 0 unspecified atom stereocenters. The normalized spacial score (nSPS) is 10.7. The van der Waals surface area contributed by atoms with Crippen molar-refractivity contribution in [2.45, 2.75) is 13.3 Å². The highest BCUT2D eigenvalue weighted by molar-refractivity contribution is 5.96. The number of halogens is 1. The van der Waals surface area contributed by atoms with Crippen molar-refractivity contribution in [3.05, 3.63) is 35.6 Å². The summed E-state index contributed by atoms with van der Waals surface area (Å²) >= 11 is 0. The van der Waals surface area contributed by atoms with Crippen LogP contribution < -0.4 is 0 Å². The zero-order chi connectivity index (χ0) is 11.3. The molecule has 0 aliphatic rings. The van der Waals surface area contributed by atoms with Crippen LogP contribution in [0.5, 0.6) is 0 Å². The van der Waals surface area contributed by atoms with Crippen LogP contribution in [-0.2, 0) is 0 Å². The van der Waals surface area contributed by atoms with Gasteiger partial charge in [0.25, 0.3) is 0 Å². The van der Waals surface area contributed by atoms with Gasteiger partial charge in [0.15, 0.2) is 5.78 Å². The van der Waals surface area contributed by atoms with Gasteiger partial charge in [-0.15, -0.1) is 0 Å². The topological polar surface area (TPSA) is 20.3 Å². The molecule has 3 heteroatoms. The summed E-state index contributed by atoms with van der Waals surface area (Å²) in [7, 11) is 1.96. The molecule has 0 amide bonds. The number of carbonyl (C=O) groups excluding carboxylic acids is 1. The van der Waals surface area contributed by atoms with Crippen molar-refractivity contribution in [1.29, 1.82) is 0 Å². The molecule has 1 aromatic rings. The van der Waals surface area contributed by atoms with Crippen molar-refractivity contribution in [1.82, 2.24) is 4.90 Å². The highest BCUT2D eigenvalue weighted by Gasteiger charge is 2.07. The van der Waals surface area contributed by atoms with Crippen LogP contribution in [0.25, 0.3) is 0 Å². The van der Waals surface area contributed by atoms with E-state index in [9.17, 15) is 9.18 Å². The maximum atomic E-state index is 12.8. The van der Waals surface area contributed by atoms with Gasteiger partial charge in [-0.1, -0.05) is 19.1 Å². The molecule has 0 aliphatic carbocycles. The van der Waals surface area contributed by atoms with E-state index in [0.29, 0.717) is 18.5 Å². The molecule has 0 fully saturated rings. The molecule has 0 saturated carbocycles. The van der Waals surface area contributed by atoms with Gasteiger partial charge >= 0.3 is 0 Å². The highest BCUT2D eigenvalue weighted by atomic mass is 19.1. The molecule has 1 rings (SSSR count). The molecule has 0 atom stereocenters. The third kappa shape index (κ3) is 3.80. The first-order valence-electron chi connectivity index (χ1n) is 5.10. The fraction of sp³-hybridized carbons (Fsp3) is 0.417. The van der Waals surface area contributed by atoms with Crippen LogP contribution in [0.1, 0.15) is 23.7 Å². The molecule has 82 valence electrons. The van der Waals surface area contributed by atoms with Gasteiger partial charge in [0.2, 0.25) is 0 Å². The summed E-state index contributed by atoms with van der Waals surface area (Å²) in [6, 6.07) is 5.84. The van der Waals surface area contributed by atoms with Gasteiger partial charge in [0.1, 0.15) is 5.82 Å². The van der Waals surface area contributed by atoms with Crippen LogP contribution in [0, 0.1) is 5.82 Å². The third-order valence-electron chi connectivity index (χ3n) is 2.41. The van der Waals surface area contributed by atoms with Gasteiger partial charge in [0.05, 0.1) is 0 Å². The minimum absolute atomic E-state index is 0.00481. The SMILES string of the molecule is CCN(C)CCC(=O)c1cccc(F)c1. The summed E-state index contributed by atoms with van der Waals surface area (Å²) in [6.07, 6.45) is 0.438. The Labute approximate surface area is 89.7 Å². The largest absolute Gasteiger partial charge is 0.306 e. The predicted octanol–water partition coefficient (Wildman–Crippen LogP) is 2.35. The smallest absolute Gasteiger partial charge is 0.164 e. The lowest BCUT2D eigenvalue weighted by atomic mass is 10.1. The van der Waals surface area contributed by atoms with Crippen molar-refractivity contribution < 1.29 is 9.18 Å². The van der Waals surface area contributed by atoms with Crippen LogP contribution in [0.2, 0.25) is 0 Å². The van der Waals surface area contributed by atoms with Crippen molar-refractivity contribution >= 4 is 5.78 Å². The van der Waals surface area contributed by atoms with E-state index >= 15 is 0 Å². The number of ketones is 1. The van der Waals surface area contributed by atoms with Crippen LogP contribution >= 0.6 is 0 Å². The average molecular weight is 209 g/mol. The number of nitrogens with zero attached hydrogens (tertiary/aromatic N) is 1. The number of rotatable bonds is 5. The summed E-state index contributed by atoms with van der Waals surface area (Å²) in [6.45, 7) is 3.66. The zero-order valence-electron chi connectivity index (χ0n) is 9.16. The van der Waals surface area contributed by atoms with Gasteiger partial charge in [-0.05, 0) is 25.7 Å². The first kappa shape index (κ1) is 11.9. The highest BCUT2D eigenvalue weighted by Crippen LogP contribution is 2.06. The fourth-order valence-corrected chi connectivity index (χ4v) is 1.26. The summed E-state index contributed by atoms with van der Waals surface area (Å²) in [5, 5.41) is 0. The summed E-state index contributed by atoms with van der Waals surface area (Å²) in [5.74, 6) is -0.362. The van der Waals surface area contributed by atoms with E-state index in [1.165, 1.54) is 12.1 Å². The summed E-state index contributed by atoms with van der Waals surface area (Å²) < 4.78 is 12.8. The van der Waals surface area contributed by atoms with E-state index in [2.05, 4.69) is 4.90 Å². The van der Waals surface area contributed by atoms with Crippen molar-refractivity contribution in [3.8, 4) is 0 Å². The summed E-state index contributed by atoms with van der Waals surface area (Å²) in [4.78, 5) is 13.7. The van der Waals surface area contributed by atoms with E-state index in [4.69, 9.17) is 0 Å². The molecular weight excluding hydrogens is 193 g/mol. The first-order chi connectivity index (χ1) is 7.13. The number of hydrogen-bond donors (Lipinski definition) is 0. The van der Waals surface area contributed by atoms with Crippen LogP contribution in [0.3, 0.4) is 0 Å². The number of hydrogen-bond acceptors (Lipinski definition) is 2. The Morgan fingerprint density at radius 2 is 2.20 bits per heavy atom. The maximum absolute atomic E-state index is 12.8. The van der Waals surface area contributed by atoms with Crippen LogP contribution in [-0.4, -0.2) is 30.8 Å². The zero-order valence-corrected chi connectivity index (χ0v) is 9.16. The molecule has 0 heterocycles. The second-order valence-corrected chi connectivity index (χ2v) is 3.58. The molecule has 0 aliphatic heterocycles. The van der Waals surface area contributed by atoms with Gasteiger partial charge in [-0.25, -0.2) is 4.39 Å². The molecule has 0 radical (unpaired) electrons. The molecule has 1 aromatic carbocycles. The van der Waals surface area contributed by atoms with E-state index in [1.807, 2.05) is 14.0 Å². The molecule has 0 saturated heterocycles. The lowest BCUT2D eigenvalue weighted by Crippen LogP contribution is -2.21. The molecular formula is C12H16FNO. The predicted molar refractivity (Wildman–Crippen MR) is 58.5 cm³/mol. The van der Waals surface area contributed by atoms with E-state index < -0.39 is 0 Å². The van der Waals surface area contributed by atoms with Crippen molar-refractivity contribution in [2.75, 3.05) is 20.1 Å². The Balaban J connectivity index is 2.54. The standard InChI is InChI=1S/C12H16FNO/c1-3-14(2)8-7-12(15)10-5-4-6-11(13)9-10/h4-6,9H,3,7-8H2,1-2H3. The van der Waals surface area contributed by atoms with Gasteiger partial charge in [0, 0.05) is 18.5 Å². The number of carbonyl (C=O) groups is 1. The molecule has 0 aromatic heterocycles. The molecule has 0 N–H and O–H groups in total. The Bertz CT molecular complexity index is 338. The minimum Gasteiger partial charge on any atom is -0.306 e. The van der Waals surface area contributed by atoms with E-state index in [1.54, 1.807) is 12.1 Å². The lowest BCUT2D eigenvalue weighted by Gasteiger charge is -2.12. The van der Waals surface area contributed by atoms with Gasteiger partial charge in [-0.3, -0.25) is 4.79 Å². The molecule has 0 spiro atoms. The Kier molecular flexibility index (Phi) is 4.43. The minimum atomic E-state index is -0.357. The van der Waals surface area contributed by atoms with E-state index in [-0.39, 0.29) is 11.6 Å². The van der Waals surface area contributed by atoms with Crippen molar-refractivity contribution in [3.63, 3.8) is 0 Å². The quantitative estimate of drug-likeness (QED) is 0.694. The van der Waals surface area contributed by atoms with Crippen LogP contribution in [0.15, 0.2) is 24.3 Å². The Hall–Kier alpha value is -1.22. The molecule has 2 nitrogen and oxygen atoms in total. The first-order valence-corrected chi connectivity index (χ1v) is 5.10. The molecule has 15 heavy (non-hydrogen) atoms. The molecule has 0 bridgehead atoms. The van der Waals surface area contributed by atoms with E-state index in [0.717, 1.165) is 6.54 Å². The Morgan fingerprint density at radius 1 is 1.47 bits per heavy atom. The Morgan fingerprint density at radius 3 is 2.80 bits per heavy atom. The number of Topliss-reactive ketones (excluding diaryl/α,β-unsaturated/α-hetero) is 1. The monoisotopic (exact) mass is 209 g/mol. The fourth-order valence-electron chi connectivity index (χ4n) is 1.26. The second-order valence-electron chi connectivity index (χ2n) is 3.58. The van der Waals surface area contributed by atoms with Crippen LogP contribution in [0.4, 0.5) is 4.39 Å². The average Bonchev–Trinajstić information content (AvgIpc) is 2.25. The third-order valence-corrected chi connectivity index (χ3v) is 2.41. The lowest BCUT2D eigenvalue weighted by molar-refractivity contribution is 0.0969. The summed E-state index contributed by atoms with van der Waals surface area (Å²) in [5.41, 5.74) is 0.458. The number of benzene rings is 1. The van der Waals surface area contributed by atoms with Gasteiger partial charge < -0.3 is 4.90 Å². The van der Waals surface area contributed by atoms with Crippen molar-refractivity contribution in [2.24, 2.45) is 0 Å².